The van der Waals surface area contributed by atoms with Crippen molar-refractivity contribution in [2.24, 2.45) is 0 Å². The number of methoxy groups -OCH3 is 1. The number of aromatic nitrogens is 3. The van der Waals surface area contributed by atoms with Crippen LogP contribution in [0.25, 0.3) is 5.69 Å². The molecule has 0 N–H and O–H groups in total. The van der Waals surface area contributed by atoms with Gasteiger partial charge in [0.1, 0.15) is 12.1 Å². The number of anilines is 1. The first-order valence-corrected chi connectivity index (χ1v) is 8.90. The van der Waals surface area contributed by atoms with Crippen molar-refractivity contribution >= 4 is 11.6 Å². The van der Waals surface area contributed by atoms with Crippen molar-refractivity contribution in [2.75, 3.05) is 38.2 Å². The van der Waals surface area contributed by atoms with Crippen LogP contribution in [0.3, 0.4) is 0 Å². The highest BCUT2D eigenvalue weighted by Crippen LogP contribution is 2.28. The zero-order valence-electron chi connectivity index (χ0n) is 15.2. The molecular formula is C20H21N5O2. The van der Waals surface area contributed by atoms with Gasteiger partial charge in [-0.1, -0.05) is 30.3 Å². The van der Waals surface area contributed by atoms with Gasteiger partial charge >= 0.3 is 0 Å². The van der Waals surface area contributed by atoms with Gasteiger partial charge in [0.25, 0.3) is 5.91 Å². The SMILES string of the molecule is COc1ccccc1N1CCN(C(=O)c2ncn(-c3ccccc3)n2)CC1. The zero-order chi connectivity index (χ0) is 18.6. The highest BCUT2D eigenvalue weighted by molar-refractivity contribution is 5.90. The van der Waals surface area contributed by atoms with Gasteiger partial charge in [-0.15, -0.1) is 5.10 Å². The molecule has 0 saturated carbocycles. The summed E-state index contributed by atoms with van der Waals surface area (Å²) in [5.41, 5.74) is 1.93. The molecule has 1 fully saturated rings. The lowest BCUT2D eigenvalue weighted by Crippen LogP contribution is -2.49. The third-order valence-electron chi connectivity index (χ3n) is 4.70. The molecular weight excluding hydrogens is 342 g/mol. The van der Waals surface area contributed by atoms with Crippen LogP contribution in [0.15, 0.2) is 60.9 Å². The smallest absolute Gasteiger partial charge is 0.293 e. The summed E-state index contributed by atoms with van der Waals surface area (Å²) in [6.45, 7) is 2.73. The van der Waals surface area contributed by atoms with E-state index in [1.165, 1.54) is 0 Å². The van der Waals surface area contributed by atoms with Gasteiger partial charge in [0.2, 0.25) is 5.82 Å². The Labute approximate surface area is 157 Å². The van der Waals surface area contributed by atoms with Gasteiger partial charge in [-0.25, -0.2) is 9.67 Å². The lowest BCUT2D eigenvalue weighted by molar-refractivity contribution is 0.0734. The van der Waals surface area contributed by atoms with E-state index in [0.717, 1.165) is 30.2 Å². The molecule has 7 nitrogen and oxygen atoms in total. The first kappa shape index (κ1) is 17.1. The van der Waals surface area contributed by atoms with Crippen molar-refractivity contribution in [1.29, 1.82) is 0 Å². The molecule has 1 amide bonds. The fourth-order valence-electron chi connectivity index (χ4n) is 3.25. The van der Waals surface area contributed by atoms with E-state index in [0.29, 0.717) is 13.1 Å². The van der Waals surface area contributed by atoms with Gasteiger partial charge in [-0.3, -0.25) is 4.79 Å². The number of hydrogen-bond acceptors (Lipinski definition) is 5. The summed E-state index contributed by atoms with van der Waals surface area (Å²) >= 11 is 0. The molecule has 1 saturated heterocycles. The number of hydrogen-bond donors (Lipinski definition) is 0. The number of nitrogens with zero attached hydrogens (tertiary/aromatic N) is 5. The minimum absolute atomic E-state index is 0.135. The van der Waals surface area contributed by atoms with E-state index in [2.05, 4.69) is 15.0 Å². The maximum absolute atomic E-state index is 12.8. The Morgan fingerprint density at radius 2 is 1.67 bits per heavy atom. The number of carbonyl (C=O) groups excluding carboxylic acids is 1. The fourth-order valence-corrected chi connectivity index (χ4v) is 3.25. The lowest BCUT2D eigenvalue weighted by Gasteiger charge is -2.36. The second-order valence-corrected chi connectivity index (χ2v) is 6.30. The summed E-state index contributed by atoms with van der Waals surface area (Å²) in [6, 6.07) is 17.6. The van der Waals surface area contributed by atoms with Crippen LogP contribution in [-0.2, 0) is 0 Å². The number of amides is 1. The van der Waals surface area contributed by atoms with Gasteiger partial charge in [0.05, 0.1) is 18.5 Å². The highest BCUT2D eigenvalue weighted by atomic mass is 16.5. The van der Waals surface area contributed by atoms with E-state index in [1.807, 2.05) is 54.6 Å². The molecule has 0 spiro atoms. The Morgan fingerprint density at radius 1 is 0.963 bits per heavy atom. The van der Waals surface area contributed by atoms with Crippen LogP contribution in [0, 0.1) is 0 Å². The normalized spacial score (nSPS) is 14.3. The molecule has 138 valence electrons. The van der Waals surface area contributed by atoms with Crippen LogP contribution in [0.2, 0.25) is 0 Å². The molecule has 27 heavy (non-hydrogen) atoms. The molecule has 0 atom stereocenters. The Balaban J connectivity index is 1.43. The number of carbonyl (C=O) groups is 1. The van der Waals surface area contributed by atoms with E-state index in [4.69, 9.17) is 4.74 Å². The van der Waals surface area contributed by atoms with E-state index in [-0.39, 0.29) is 11.7 Å². The Morgan fingerprint density at radius 3 is 2.41 bits per heavy atom. The molecule has 0 unspecified atom stereocenters. The second-order valence-electron chi connectivity index (χ2n) is 6.30. The van der Waals surface area contributed by atoms with Crippen molar-refractivity contribution in [1.82, 2.24) is 19.7 Å². The average molecular weight is 363 g/mol. The van der Waals surface area contributed by atoms with Gasteiger partial charge in [0, 0.05) is 26.2 Å². The zero-order valence-corrected chi connectivity index (χ0v) is 15.2. The van der Waals surface area contributed by atoms with Crippen molar-refractivity contribution in [3.05, 3.63) is 66.7 Å². The van der Waals surface area contributed by atoms with Crippen LogP contribution >= 0.6 is 0 Å². The van der Waals surface area contributed by atoms with E-state index < -0.39 is 0 Å². The number of benzene rings is 2. The Kier molecular flexibility index (Phi) is 4.74. The summed E-state index contributed by atoms with van der Waals surface area (Å²) in [7, 11) is 1.67. The standard InChI is InChI=1S/C20H21N5O2/c1-27-18-10-6-5-9-17(18)23-11-13-24(14-12-23)20(26)19-21-15-25(22-19)16-7-3-2-4-8-16/h2-10,15H,11-14H2,1H3. The van der Waals surface area contributed by atoms with Crippen LogP contribution in [0.4, 0.5) is 5.69 Å². The molecule has 1 aliphatic rings. The fraction of sp³-hybridized carbons (Fsp3) is 0.250. The number of ether oxygens (including phenoxy) is 1. The molecule has 0 radical (unpaired) electrons. The summed E-state index contributed by atoms with van der Waals surface area (Å²) in [6.07, 6.45) is 1.58. The largest absolute Gasteiger partial charge is 0.495 e. The lowest BCUT2D eigenvalue weighted by atomic mass is 10.2. The van der Waals surface area contributed by atoms with Crippen molar-refractivity contribution in [3.63, 3.8) is 0 Å². The van der Waals surface area contributed by atoms with E-state index in [9.17, 15) is 4.79 Å². The maximum Gasteiger partial charge on any atom is 0.293 e. The Hall–Kier alpha value is -3.35. The molecule has 7 heteroatoms. The average Bonchev–Trinajstić information content (AvgIpc) is 3.24. The highest BCUT2D eigenvalue weighted by Gasteiger charge is 2.25. The second kappa shape index (κ2) is 7.49. The molecule has 2 aromatic carbocycles. The van der Waals surface area contributed by atoms with Crippen LogP contribution in [-0.4, -0.2) is 58.9 Å². The first-order valence-electron chi connectivity index (χ1n) is 8.90. The van der Waals surface area contributed by atoms with Gasteiger partial charge < -0.3 is 14.5 Å². The molecule has 0 bridgehead atoms. The van der Waals surface area contributed by atoms with E-state index >= 15 is 0 Å². The maximum atomic E-state index is 12.8. The third-order valence-corrected chi connectivity index (χ3v) is 4.70. The molecule has 0 aliphatic carbocycles. The minimum atomic E-state index is -0.135. The molecule has 2 heterocycles. The quantitative estimate of drug-likeness (QED) is 0.711. The molecule has 1 aromatic heterocycles. The van der Waals surface area contributed by atoms with Gasteiger partial charge in [0.15, 0.2) is 0 Å². The summed E-state index contributed by atoms with van der Waals surface area (Å²) < 4.78 is 7.07. The van der Waals surface area contributed by atoms with Gasteiger partial charge in [-0.2, -0.15) is 0 Å². The number of piperazine rings is 1. The monoisotopic (exact) mass is 363 g/mol. The molecule has 1 aliphatic heterocycles. The van der Waals surface area contributed by atoms with Crippen LogP contribution in [0.1, 0.15) is 10.6 Å². The number of rotatable bonds is 4. The predicted molar refractivity (Wildman–Crippen MR) is 102 cm³/mol. The molecule has 3 aromatic rings. The van der Waals surface area contributed by atoms with Gasteiger partial charge in [-0.05, 0) is 24.3 Å². The third kappa shape index (κ3) is 3.48. The topological polar surface area (TPSA) is 63.5 Å². The summed E-state index contributed by atoms with van der Waals surface area (Å²) in [5.74, 6) is 0.939. The minimum Gasteiger partial charge on any atom is -0.495 e. The summed E-state index contributed by atoms with van der Waals surface area (Å²) in [5, 5.41) is 4.34. The Bertz CT molecular complexity index is 917. The van der Waals surface area contributed by atoms with Crippen molar-refractivity contribution in [3.8, 4) is 11.4 Å². The summed E-state index contributed by atoms with van der Waals surface area (Å²) in [4.78, 5) is 21.0. The molecule has 4 rings (SSSR count). The van der Waals surface area contributed by atoms with Crippen molar-refractivity contribution < 1.29 is 9.53 Å². The van der Waals surface area contributed by atoms with Crippen molar-refractivity contribution in [2.45, 2.75) is 0 Å². The number of para-hydroxylation sites is 3. The van der Waals surface area contributed by atoms with Crippen LogP contribution < -0.4 is 9.64 Å². The van der Waals surface area contributed by atoms with Crippen LogP contribution in [0.5, 0.6) is 5.75 Å². The predicted octanol–water partition coefficient (Wildman–Crippen LogP) is 2.24. The first-order chi connectivity index (χ1) is 13.3. The van der Waals surface area contributed by atoms with E-state index in [1.54, 1.807) is 23.0 Å².